The number of nitriles is 1. The van der Waals surface area contributed by atoms with Crippen LogP contribution >= 0.6 is 0 Å². The summed E-state index contributed by atoms with van der Waals surface area (Å²) in [6.45, 7) is 0. The minimum absolute atomic E-state index is 0.254. The van der Waals surface area contributed by atoms with Gasteiger partial charge in [-0.3, -0.25) is 0 Å². The lowest BCUT2D eigenvalue weighted by atomic mass is 10.2. The highest BCUT2D eigenvalue weighted by Gasteiger charge is 2.30. The largest absolute Gasteiger partial charge is 0.573 e. The number of hydrogen-bond acceptors (Lipinski definition) is 5. The fourth-order valence-corrected chi connectivity index (χ4v) is 1.52. The van der Waals surface area contributed by atoms with Gasteiger partial charge in [-0.25, -0.2) is 4.98 Å². The summed E-state index contributed by atoms with van der Waals surface area (Å²) in [6.07, 6.45) is -3.39. The molecule has 0 saturated heterocycles. The molecule has 5 nitrogen and oxygen atoms in total. The molecule has 1 heterocycles. The van der Waals surface area contributed by atoms with Crippen molar-refractivity contribution in [3.8, 4) is 11.8 Å². The van der Waals surface area contributed by atoms with E-state index in [1.54, 1.807) is 0 Å². The van der Waals surface area contributed by atoms with Crippen LogP contribution in [0.5, 0.6) is 5.75 Å². The van der Waals surface area contributed by atoms with Crippen LogP contribution < -0.4 is 15.8 Å². The highest BCUT2D eigenvalue weighted by molar-refractivity contribution is 5.69. The standard InChI is InChI=1S/C13H9F3N4O/c14-13(15,16)21-10-3-1-9(2-4-10)20-12-11(18)5-8(6-17)7-19-12/h1-5,7H,18H2,(H,19,20). The Labute approximate surface area is 117 Å². The molecule has 0 aliphatic heterocycles. The summed E-state index contributed by atoms with van der Waals surface area (Å²) >= 11 is 0. The molecule has 0 radical (unpaired) electrons. The van der Waals surface area contributed by atoms with E-state index >= 15 is 0 Å². The van der Waals surface area contributed by atoms with Crippen molar-refractivity contribution in [1.82, 2.24) is 4.98 Å². The number of nitrogens with two attached hydrogens (primary N) is 1. The molecule has 2 aromatic rings. The summed E-state index contributed by atoms with van der Waals surface area (Å²) in [5.41, 5.74) is 6.75. The number of ether oxygens (including phenoxy) is 1. The Morgan fingerprint density at radius 2 is 1.90 bits per heavy atom. The average Bonchev–Trinajstić information content (AvgIpc) is 2.41. The van der Waals surface area contributed by atoms with Crippen molar-refractivity contribution in [2.75, 3.05) is 11.1 Å². The molecule has 0 saturated carbocycles. The summed E-state index contributed by atoms with van der Waals surface area (Å²) < 4.78 is 39.8. The molecule has 1 aromatic heterocycles. The molecule has 0 aliphatic carbocycles. The van der Waals surface area contributed by atoms with Crippen LogP contribution in [0.2, 0.25) is 0 Å². The molecule has 0 amide bonds. The quantitative estimate of drug-likeness (QED) is 0.908. The molecule has 1 aromatic carbocycles. The van der Waals surface area contributed by atoms with E-state index in [2.05, 4.69) is 15.0 Å². The number of benzene rings is 1. The number of nitrogens with one attached hydrogen (secondary N) is 1. The first-order valence-corrected chi connectivity index (χ1v) is 5.66. The molecule has 3 N–H and O–H groups in total. The van der Waals surface area contributed by atoms with E-state index in [9.17, 15) is 13.2 Å². The number of hydrogen-bond donors (Lipinski definition) is 2. The van der Waals surface area contributed by atoms with Crippen molar-refractivity contribution >= 4 is 17.2 Å². The molecule has 8 heteroatoms. The zero-order valence-corrected chi connectivity index (χ0v) is 10.5. The average molecular weight is 294 g/mol. The van der Waals surface area contributed by atoms with E-state index in [4.69, 9.17) is 11.0 Å². The summed E-state index contributed by atoms with van der Waals surface area (Å²) in [5, 5.41) is 11.5. The van der Waals surface area contributed by atoms with Gasteiger partial charge >= 0.3 is 6.36 Å². The smallest absolute Gasteiger partial charge is 0.406 e. The first kappa shape index (κ1) is 14.5. The van der Waals surface area contributed by atoms with Crippen LogP contribution in [0, 0.1) is 11.3 Å². The molecule has 0 fully saturated rings. The normalized spacial score (nSPS) is 10.8. The lowest BCUT2D eigenvalue weighted by Gasteiger charge is -2.11. The van der Waals surface area contributed by atoms with E-state index < -0.39 is 6.36 Å². The van der Waals surface area contributed by atoms with Crippen molar-refractivity contribution < 1.29 is 17.9 Å². The second-order valence-electron chi connectivity index (χ2n) is 3.97. The van der Waals surface area contributed by atoms with Gasteiger partial charge in [0.1, 0.15) is 11.8 Å². The van der Waals surface area contributed by atoms with Gasteiger partial charge in [-0.2, -0.15) is 5.26 Å². The minimum Gasteiger partial charge on any atom is -0.406 e. The maximum absolute atomic E-state index is 12.0. The summed E-state index contributed by atoms with van der Waals surface area (Å²) in [6, 6.07) is 8.44. The molecule has 0 bridgehead atoms. The second-order valence-corrected chi connectivity index (χ2v) is 3.97. The molecular formula is C13H9F3N4O. The van der Waals surface area contributed by atoms with Gasteiger partial charge in [-0.15, -0.1) is 13.2 Å². The van der Waals surface area contributed by atoms with Gasteiger partial charge in [0.05, 0.1) is 11.3 Å². The number of alkyl halides is 3. The number of anilines is 3. The van der Waals surface area contributed by atoms with Crippen molar-refractivity contribution in [3.63, 3.8) is 0 Å². The van der Waals surface area contributed by atoms with Gasteiger partial charge in [-0.05, 0) is 30.3 Å². The number of rotatable bonds is 3. The van der Waals surface area contributed by atoms with Crippen molar-refractivity contribution in [2.45, 2.75) is 6.36 Å². The van der Waals surface area contributed by atoms with Gasteiger partial charge in [0.15, 0.2) is 5.82 Å². The van der Waals surface area contributed by atoms with Crippen molar-refractivity contribution in [3.05, 3.63) is 42.1 Å². The second kappa shape index (κ2) is 5.58. The SMILES string of the molecule is N#Cc1cnc(Nc2ccc(OC(F)(F)F)cc2)c(N)c1. The summed E-state index contributed by atoms with van der Waals surface area (Å²) in [7, 11) is 0. The lowest BCUT2D eigenvalue weighted by molar-refractivity contribution is -0.274. The molecule has 21 heavy (non-hydrogen) atoms. The van der Waals surface area contributed by atoms with Gasteiger partial charge in [0, 0.05) is 11.9 Å². The molecule has 0 atom stereocenters. The molecule has 0 spiro atoms. The van der Waals surface area contributed by atoms with Crippen molar-refractivity contribution in [2.24, 2.45) is 0 Å². The number of pyridine rings is 1. The zero-order chi connectivity index (χ0) is 15.5. The van der Waals surface area contributed by atoms with Crippen LogP contribution in [-0.2, 0) is 0 Å². The zero-order valence-electron chi connectivity index (χ0n) is 10.5. The highest BCUT2D eigenvalue weighted by Crippen LogP contribution is 2.26. The van der Waals surface area contributed by atoms with Crippen LogP contribution in [0.4, 0.5) is 30.4 Å². The van der Waals surface area contributed by atoms with Crippen LogP contribution in [-0.4, -0.2) is 11.3 Å². The Morgan fingerprint density at radius 1 is 1.24 bits per heavy atom. The van der Waals surface area contributed by atoms with Crippen LogP contribution in [0.25, 0.3) is 0 Å². The number of aromatic nitrogens is 1. The number of nitrogens with zero attached hydrogens (tertiary/aromatic N) is 2. The van der Waals surface area contributed by atoms with Crippen molar-refractivity contribution in [1.29, 1.82) is 5.26 Å². The van der Waals surface area contributed by atoms with Crippen LogP contribution in [0.15, 0.2) is 36.5 Å². The van der Waals surface area contributed by atoms with Crippen LogP contribution in [0.3, 0.4) is 0 Å². The molecular weight excluding hydrogens is 285 g/mol. The lowest BCUT2D eigenvalue weighted by Crippen LogP contribution is -2.16. The summed E-state index contributed by atoms with van der Waals surface area (Å²) in [5.74, 6) is -0.0210. The van der Waals surface area contributed by atoms with Gasteiger partial charge < -0.3 is 15.8 Å². The first-order chi connectivity index (χ1) is 9.87. The summed E-state index contributed by atoms with van der Waals surface area (Å²) in [4.78, 5) is 3.96. The Morgan fingerprint density at radius 3 is 2.43 bits per heavy atom. The third kappa shape index (κ3) is 4.01. The Hall–Kier alpha value is -2.95. The fourth-order valence-electron chi connectivity index (χ4n) is 1.52. The van der Waals surface area contributed by atoms with Gasteiger partial charge in [0.2, 0.25) is 0 Å². The first-order valence-electron chi connectivity index (χ1n) is 5.66. The van der Waals surface area contributed by atoms with E-state index in [1.165, 1.54) is 24.4 Å². The maximum Gasteiger partial charge on any atom is 0.573 e. The predicted octanol–water partition coefficient (Wildman–Crippen LogP) is 3.18. The van der Waals surface area contributed by atoms with E-state index in [0.29, 0.717) is 17.1 Å². The fraction of sp³-hybridized carbons (Fsp3) is 0.0769. The minimum atomic E-state index is -4.73. The highest BCUT2D eigenvalue weighted by atomic mass is 19.4. The van der Waals surface area contributed by atoms with Gasteiger partial charge in [0.25, 0.3) is 0 Å². The Bertz CT molecular complexity index is 677. The number of halogens is 3. The predicted molar refractivity (Wildman–Crippen MR) is 69.8 cm³/mol. The molecule has 108 valence electrons. The topological polar surface area (TPSA) is 84.0 Å². The third-order valence-corrected chi connectivity index (χ3v) is 2.40. The maximum atomic E-state index is 12.0. The molecule has 0 aliphatic rings. The van der Waals surface area contributed by atoms with E-state index in [-0.39, 0.29) is 11.4 Å². The monoisotopic (exact) mass is 294 g/mol. The van der Waals surface area contributed by atoms with E-state index in [1.807, 2.05) is 6.07 Å². The van der Waals surface area contributed by atoms with Crippen LogP contribution in [0.1, 0.15) is 5.56 Å². The Balaban J connectivity index is 2.12. The Kier molecular flexibility index (Phi) is 3.84. The van der Waals surface area contributed by atoms with Gasteiger partial charge in [-0.1, -0.05) is 0 Å². The molecule has 2 rings (SSSR count). The van der Waals surface area contributed by atoms with E-state index in [0.717, 1.165) is 12.1 Å². The number of nitrogen functional groups attached to an aromatic ring is 1. The molecule has 0 unspecified atom stereocenters. The third-order valence-electron chi connectivity index (χ3n) is 2.40.